The second kappa shape index (κ2) is 12.7. The molecule has 1 unspecified atom stereocenters. The molecular weight excluding hydrogens is 604 g/mol. The summed E-state index contributed by atoms with van der Waals surface area (Å²) in [5, 5.41) is 5.85. The fourth-order valence-corrected chi connectivity index (χ4v) is 5.25. The first-order valence-electron chi connectivity index (χ1n) is 14.8. The van der Waals surface area contributed by atoms with Crippen LogP contribution in [0.2, 0.25) is 0 Å². The molecule has 2 amide bonds. The highest BCUT2D eigenvalue weighted by molar-refractivity contribution is 6.01. The van der Waals surface area contributed by atoms with E-state index in [2.05, 4.69) is 25.9 Å². The first kappa shape index (κ1) is 32.9. The molecule has 0 saturated heterocycles. The zero-order valence-electron chi connectivity index (χ0n) is 25.9. The second-order valence-corrected chi connectivity index (χ2v) is 12.4. The number of hydrazine groups is 1. The largest absolute Gasteiger partial charge is 0.444 e. The number of nitrogens with zero attached hydrogens (tertiary/aromatic N) is 3. The van der Waals surface area contributed by atoms with Gasteiger partial charge in [-0.15, -0.1) is 0 Å². The number of aromatic nitrogens is 1. The van der Waals surface area contributed by atoms with Crippen molar-refractivity contribution in [2.45, 2.75) is 69.6 Å². The van der Waals surface area contributed by atoms with Gasteiger partial charge in [-0.3, -0.25) is 19.7 Å². The number of alkyl halides is 3. The lowest BCUT2D eigenvalue weighted by atomic mass is 9.96. The Morgan fingerprint density at radius 3 is 2.46 bits per heavy atom. The highest BCUT2D eigenvalue weighted by Crippen LogP contribution is 2.40. The molecule has 0 bridgehead atoms. The van der Waals surface area contributed by atoms with Crippen molar-refractivity contribution < 1.29 is 31.9 Å². The third kappa shape index (κ3) is 7.31. The summed E-state index contributed by atoms with van der Waals surface area (Å²) in [4.78, 5) is 31.7. The molecule has 244 valence electrons. The van der Waals surface area contributed by atoms with E-state index >= 15 is 4.39 Å². The molecule has 3 N–H and O–H groups in total. The molecule has 0 radical (unpaired) electrons. The Morgan fingerprint density at radius 2 is 1.80 bits per heavy atom. The van der Waals surface area contributed by atoms with Gasteiger partial charge >= 0.3 is 12.3 Å². The van der Waals surface area contributed by atoms with Crippen molar-refractivity contribution in [1.29, 1.82) is 0 Å². The summed E-state index contributed by atoms with van der Waals surface area (Å²) in [6.07, 6.45) is 1.30. The summed E-state index contributed by atoms with van der Waals surface area (Å²) in [5.41, 5.74) is 0.316. The van der Waals surface area contributed by atoms with Crippen molar-refractivity contribution in [2.75, 3.05) is 17.4 Å². The Hall–Kier alpha value is -4.49. The minimum atomic E-state index is -5.10. The van der Waals surface area contributed by atoms with E-state index in [1.807, 2.05) is 19.2 Å². The summed E-state index contributed by atoms with van der Waals surface area (Å²) in [6.45, 7) is 5.22. The molecule has 5 rings (SSSR count). The molecule has 0 spiro atoms. The summed E-state index contributed by atoms with van der Waals surface area (Å²) in [6, 6.07) is 14.1. The molecule has 3 aromatic rings. The van der Waals surface area contributed by atoms with E-state index in [-0.39, 0.29) is 24.0 Å². The molecule has 46 heavy (non-hydrogen) atoms. The molecule has 1 aliphatic heterocycles. The smallest absolute Gasteiger partial charge is 0.421 e. The minimum Gasteiger partial charge on any atom is -0.444 e. The Labute approximate surface area is 264 Å². The minimum absolute atomic E-state index is 0.0528. The van der Waals surface area contributed by atoms with Crippen LogP contribution in [0.25, 0.3) is 0 Å². The predicted octanol–water partition coefficient (Wildman–Crippen LogP) is 6.21. The van der Waals surface area contributed by atoms with Gasteiger partial charge in [-0.2, -0.15) is 13.2 Å². The average molecular weight is 641 g/mol. The van der Waals surface area contributed by atoms with Crippen LogP contribution in [0.1, 0.15) is 56.3 Å². The van der Waals surface area contributed by atoms with Gasteiger partial charge in [0.25, 0.3) is 5.91 Å². The molecule has 1 saturated carbocycles. The Morgan fingerprint density at radius 1 is 1.09 bits per heavy atom. The van der Waals surface area contributed by atoms with Crippen LogP contribution < -0.4 is 21.1 Å². The predicted molar refractivity (Wildman–Crippen MR) is 165 cm³/mol. The number of carbonyl (C=O) groups is 2. The van der Waals surface area contributed by atoms with Crippen LogP contribution >= 0.6 is 0 Å². The molecule has 2 aliphatic rings. The summed E-state index contributed by atoms with van der Waals surface area (Å²) in [7, 11) is 1.94. The van der Waals surface area contributed by atoms with Crippen molar-refractivity contribution in [3.63, 3.8) is 0 Å². The van der Waals surface area contributed by atoms with Gasteiger partial charge in [0, 0.05) is 31.2 Å². The number of benzene rings is 2. The van der Waals surface area contributed by atoms with Crippen molar-refractivity contribution in [2.24, 2.45) is 0 Å². The third-order valence-electron chi connectivity index (χ3n) is 7.71. The molecular formula is C33H36F4N6O3. The van der Waals surface area contributed by atoms with E-state index in [4.69, 9.17) is 4.74 Å². The van der Waals surface area contributed by atoms with E-state index < -0.39 is 35.1 Å². The third-order valence-corrected chi connectivity index (χ3v) is 7.71. The lowest BCUT2D eigenvalue weighted by Crippen LogP contribution is -2.63. The monoisotopic (exact) mass is 640 g/mol. The number of halogens is 4. The highest BCUT2D eigenvalue weighted by atomic mass is 19.4. The standard InChI is InChI=1S/C33H36F4N6O3/c1-31(2,3)46-30(45)39-20-21-6-5-7-25(18-21)43-17-14-32(41-43,33(35,36)37)29(44)40-27-19-23(8-11-26(27)34)28(42(4)24-9-10-24)22-12-15-38-16-13-22/h5-8,11-19,24,28,41H,9-10,20H2,1-4H3,(H,39,45)(H,40,44)/t28?,32-/m0/s1. The number of rotatable bonds is 9. The summed E-state index contributed by atoms with van der Waals surface area (Å²) in [5.74, 6) is -2.38. The molecule has 9 nitrogen and oxygen atoms in total. The number of hydrogen-bond donors (Lipinski definition) is 3. The first-order valence-corrected chi connectivity index (χ1v) is 14.8. The normalized spacial score (nSPS) is 18.8. The van der Waals surface area contributed by atoms with E-state index in [0.29, 0.717) is 23.2 Å². The van der Waals surface area contributed by atoms with Gasteiger partial charge < -0.3 is 15.4 Å². The molecule has 13 heteroatoms. The van der Waals surface area contributed by atoms with E-state index in [9.17, 15) is 22.8 Å². The molecule has 1 fully saturated rings. The van der Waals surface area contributed by atoms with Crippen LogP contribution in [-0.4, -0.2) is 52.3 Å². The van der Waals surface area contributed by atoms with Crippen molar-refractivity contribution in [3.8, 4) is 0 Å². The number of ether oxygens (including phenoxy) is 1. The highest BCUT2D eigenvalue weighted by Gasteiger charge is 2.62. The average Bonchev–Trinajstić information content (AvgIpc) is 3.74. The van der Waals surface area contributed by atoms with Crippen molar-refractivity contribution in [3.05, 3.63) is 102 Å². The Bertz CT molecular complexity index is 1610. The number of pyridine rings is 1. The SMILES string of the molecule is CN(C1CC1)C(c1ccncc1)c1ccc(F)c(NC(=O)[C@]2(C(F)(F)F)C=CN(c3cccc(CNC(=O)OC(C)(C)C)c3)N2)c1. The van der Waals surface area contributed by atoms with E-state index in [1.165, 1.54) is 12.1 Å². The van der Waals surface area contributed by atoms with Crippen molar-refractivity contribution in [1.82, 2.24) is 20.6 Å². The number of amides is 2. The summed E-state index contributed by atoms with van der Waals surface area (Å²) < 4.78 is 64.2. The zero-order chi connectivity index (χ0) is 33.3. The van der Waals surface area contributed by atoms with Gasteiger partial charge in [-0.25, -0.2) is 14.6 Å². The van der Waals surface area contributed by atoms with Gasteiger partial charge in [-0.05, 0) is 99.8 Å². The van der Waals surface area contributed by atoms with E-state index in [1.54, 1.807) is 57.4 Å². The lowest BCUT2D eigenvalue weighted by molar-refractivity contribution is -0.183. The Balaban J connectivity index is 1.36. The molecule has 1 aromatic heterocycles. The maximum atomic E-state index is 15.1. The zero-order valence-corrected chi connectivity index (χ0v) is 25.9. The fourth-order valence-electron chi connectivity index (χ4n) is 5.25. The first-order chi connectivity index (χ1) is 21.7. The van der Waals surface area contributed by atoms with Crippen LogP contribution in [-0.2, 0) is 16.1 Å². The van der Waals surface area contributed by atoms with Gasteiger partial charge in [0.15, 0.2) is 0 Å². The Kier molecular flexibility index (Phi) is 9.09. The number of anilines is 2. The maximum absolute atomic E-state index is 15.1. The van der Waals surface area contributed by atoms with Crippen LogP contribution in [0, 0.1) is 5.82 Å². The van der Waals surface area contributed by atoms with Gasteiger partial charge in [0.05, 0.1) is 17.4 Å². The van der Waals surface area contributed by atoms with E-state index in [0.717, 1.165) is 35.7 Å². The maximum Gasteiger partial charge on any atom is 0.421 e. The number of nitrogens with one attached hydrogen (secondary N) is 3. The number of carbonyl (C=O) groups excluding carboxylic acids is 2. The van der Waals surface area contributed by atoms with Crippen LogP contribution in [0.5, 0.6) is 0 Å². The van der Waals surface area contributed by atoms with Gasteiger partial charge in [-0.1, -0.05) is 18.2 Å². The molecule has 1 aliphatic carbocycles. The number of alkyl carbamates (subject to hydrolysis) is 1. The number of hydrogen-bond acceptors (Lipinski definition) is 7. The van der Waals surface area contributed by atoms with Gasteiger partial charge in [0.2, 0.25) is 5.54 Å². The summed E-state index contributed by atoms with van der Waals surface area (Å²) >= 11 is 0. The molecule has 2 aromatic carbocycles. The van der Waals surface area contributed by atoms with Crippen LogP contribution in [0.4, 0.5) is 33.7 Å². The van der Waals surface area contributed by atoms with Crippen molar-refractivity contribution >= 4 is 23.4 Å². The lowest BCUT2D eigenvalue weighted by Gasteiger charge is -2.32. The van der Waals surface area contributed by atoms with Gasteiger partial charge in [0.1, 0.15) is 11.4 Å². The van der Waals surface area contributed by atoms with Crippen LogP contribution in [0.15, 0.2) is 79.3 Å². The topological polar surface area (TPSA) is 98.8 Å². The van der Waals surface area contributed by atoms with Crippen LogP contribution in [0.3, 0.4) is 0 Å². The molecule has 2 atom stereocenters. The second-order valence-electron chi connectivity index (χ2n) is 12.4. The molecule has 2 heterocycles. The quantitative estimate of drug-likeness (QED) is 0.240. The fraction of sp³-hybridized carbons (Fsp3) is 0.364.